The molecule has 0 fully saturated rings. The van der Waals surface area contributed by atoms with Crippen LogP contribution in [-0.4, -0.2) is 30.1 Å². The molecule has 3 N–H and O–H groups in total. The van der Waals surface area contributed by atoms with E-state index in [4.69, 9.17) is 4.74 Å². The fourth-order valence-corrected chi connectivity index (χ4v) is 1.55. The molecule has 7 nitrogen and oxygen atoms in total. The van der Waals surface area contributed by atoms with Crippen molar-refractivity contribution in [2.75, 3.05) is 17.2 Å². The monoisotopic (exact) mass is 319 g/mol. The van der Waals surface area contributed by atoms with E-state index in [1.807, 2.05) is 0 Å². The molecule has 3 amide bonds. The van der Waals surface area contributed by atoms with Crippen molar-refractivity contribution in [3.8, 4) is 0 Å². The van der Waals surface area contributed by atoms with Crippen LogP contribution in [0.3, 0.4) is 0 Å². The quantitative estimate of drug-likeness (QED) is 0.725. The number of hydrogen-bond acceptors (Lipinski definition) is 4. The summed E-state index contributed by atoms with van der Waals surface area (Å²) in [6.07, 6.45) is 0.448. The van der Waals surface area contributed by atoms with E-state index in [0.717, 1.165) is 6.08 Å². The molecule has 0 saturated heterocycles. The van der Waals surface area contributed by atoms with Gasteiger partial charge in [-0.1, -0.05) is 18.7 Å². The van der Waals surface area contributed by atoms with Gasteiger partial charge in [-0.25, -0.2) is 4.79 Å². The van der Waals surface area contributed by atoms with Gasteiger partial charge in [0.2, 0.25) is 11.8 Å². The van der Waals surface area contributed by atoms with E-state index in [0.29, 0.717) is 11.4 Å². The SMILES string of the molecule is C=CC(=O)Nc1ccccc1NC(=O)CNC(=O)OC(C)(C)C. The third kappa shape index (κ3) is 7.12. The van der Waals surface area contributed by atoms with Crippen molar-refractivity contribution < 1.29 is 19.1 Å². The Kier molecular flexibility index (Phi) is 6.32. The van der Waals surface area contributed by atoms with Crippen LogP contribution in [0.25, 0.3) is 0 Å². The molecule has 1 rings (SSSR count). The minimum Gasteiger partial charge on any atom is -0.444 e. The molecule has 1 aromatic carbocycles. The first-order valence-corrected chi connectivity index (χ1v) is 7.00. The van der Waals surface area contributed by atoms with Gasteiger partial charge in [0.1, 0.15) is 12.1 Å². The first-order valence-electron chi connectivity index (χ1n) is 7.00. The van der Waals surface area contributed by atoms with Gasteiger partial charge < -0.3 is 20.7 Å². The van der Waals surface area contributed by atoms with Crippen LogP contribution in [0.4, 0.5) is 16.2 Å². The van der Waals surface area contributed by atoms with Crippen LogP contribution in [0, 0.1) is 0 Å². The Hall–Kier alpha value is -2.83. The van der Waals surface area contributed by atoms with Crippen LogP contribution in [0.1, 0.15) is 20.8 Å². The fraction of sp³-hybridized carbons (Fsp3) is 0.312. The number of hydrogen-bond donors (Lipinski definition) is 3. The minimum atomic E-state index is -0.680. The lowest BCUT2D eigenvalue weighted by Gasteiger charge is -2.19. The molecule has 124 valence electrons. The average Bonchev–Trinajstić information content (AvgIpc) is 2.45. The number of rotatable bonds is 5. The highest BCUT2D eigenvalue weighted by molar-refractivity contribution is 6.04. The van der Waals surface area contributed by atoms with Crippen molar-refractivity contribution in [3.63, 3.8) is 0 Å². The zero-order chi connectivity index (χ0) is 17.5. The summed E-state index contributed by atoms with van der Waals surface area (Å²) in [6.45, 7) is 8.30. The first-order chi connectivity index (χ1) is 10.7. The van der Waals surface area contributed by atoms with E-state index in [1.54, 1.807) is 45.0 Å². The highest BCUT2D eigenvalue weighted by atomic mass is 16.6. The maximum absolute atomic E-state index is 11.9. The number of anilines is 2. The van der Waals surface area contributed by atoms with Crippen molar-refractivity contribution in [2.24, 2.45) is 0 Å². The van der Waals surface area contributed by atoms with Crippen LogP contribution in [0.2, 0.25) is 0 Å². The highest BCUT2D eigenvalue weighted by Gasteiger charge is 2.16. The number of alkyl carbamates (subject to hydrolysis) is 1. The standard InChI is InChI=1S/C16H21N3O4/c1-5-13(20)18-11-8-6-7-9-12(11)19-14(21)10-17-15(22)23-16(2,3)4/h5-9H,1,10H2,2-4H3,(H,17,22)(H,18,20)(H,19,21). The predicted molar refractivity (Wildman–Crippen MR) is 88.1 cm³/mol. The maximum Gasteiger partial charge on any atom is 0.408 e. The zero-order valence-electron chi connectivity index (χ0n) is 13.4. The third-order valence-corrected chi connectivity index (χ3v) is 2.44. The fourth-order valence-electron chi connectivity index (χ4n) is 1.55. The predicted octanol–water partition coefficient (Wildman–Crippen LogP) is 2.27. The maximum atomic E-state index is 11.9. The largest absolute Gasteiger partial charge is 0.444 e. The van der Waals surface area contributed by atoms with E-state index in [1.165, 1.54) is 0 Å². The number of carbonyl (C=O) groups is 3. The molecule has 23 heavy (non-hydrogen) atoms. The second-order valence-electron chi connectivity index (χ2n) is 5.64. The van der Waals surface area contributed by atoms with Gasteiger partial charge in [0.25, 0.3) is 0 Å². The molecule has 0 spiro atoms. The smallest absolute Gasteiger partial charge is 0.408 e. The van der Waals surface area contributed by atoms with Gasteiger partial charge in [-0.3, -0.25) is 9.59 Å². The summed E-state index contributed by atoms with van der Waals surface area (Å²) in [5.74, 6) is -0.838. The van der Waals surface area contributed by atoms with E-state index < -0.39 is 23.5 Å². The van der Waals surface area contributed by atoms with Crippen LogP contribution >= 0.6 is 0 Å². The van der Waals surface area contributed by atoms with E-state index in [9.17, 15) is 14.4 Å². The second-order valence-corrected chi connectivity index (χ2v) is 5.64. The van der Waals surface area contributed by atoms with Gasteiger partial charge >= 0.3 is 6.09 Å². The number of nitrogens with one attached hydrogen (secondary N) is 3. The summed E-state index contributed by atoms with van der Waals surface area (Å²) < 4.78 is 5.03. The van der Waals surface area contributed by atoms with E-state index >= 15 is 0 Å². The number of carbonyl (C=O) groups excluding carboxylic acids is 3. The number of amides is 3. The van der Waals surface area contributed by atoms with Gasteiger partial charge in [0, 0.05) is 0 Å². The zero-order valence-corrected chi connectivity index (χ0v) is 13.4. The van der Waals surface area contributed by atoms with Crippen LogP contribution in [0.5, 0.6) is 0 Å². The minimum absolute atomic E-state index is 0.251. The Morgan fingerprint density at radius 1 is 1.13 bits per heavy atom. The van der Waals surface area contributed by atoms with Crippen LogP contribution < -0.4 is 16.0 Å². The van der Waals surface area contributed by atoms with Crippen molar-refractivity contribution >= 4 is 29.3 Å². The van der Waals surface area contributed by atoms with Crippen molar-refractivity contribution in [1.82, 2.24) is 5.32 Å². The summed E-state index contributed by atoms with van der Waals surface area (Å²) in [5, 5.41) is 7.53. The summed E-state index contributed by atoms with van der Waals surface area (Å²) in [5.41, 5.74) is 0.212. The summed E-state index contributed by atoms with van der Waals surface area (Å²) >= 11 is 0. The molecule has 0 radical (unpaired) electrons. The van der Waals surface area contributed by atoms with Crippen LogP contribution in [0.15, 0.2) is 36.9 Å². The molecule has 7 heteroatoms. The first kappa shape index (κ1) is 18.2. The molecule has 0 aliphatic carbocycles. The Morgan fingerprint density at radius 3 is 2.22 bits per heavy atom. The molecule has 0 unspecified atom stereocenters. The van der Waals surface area contributed by atoms with Crippen molar-refractivity contribution in [3.05, 3.63) is 36.9 Å². The van der Waals surface area contributed by atoms with Gasteiger partial charge in [0.05, 0.1) is 11.4 Å². The molecule has 0 bridgehead atoms. The molecule has 0 saturated carbocycles. The molecule has 0 aliphatic rings. The summed E-state index contributed by atoms with van der Waals surface area (Å²) in [6, 6.07) is 6.69. The van der Waals surface area contributed by atoms with Gasteiger partial charge in [-0.15, -0.1) is 0 Å². The van der Waals surface area contributed by atoms with Crippen molar-refractivity contribution in [1.29, 1.82) is 0 Å². The number of ether oxygens (including phenoxy) is 1. The molecule has 0 atom stereocenters. The third-order valence-electron chi connectivity index (χ3n) is 2.44. The van der Waals surface area contributed by atoms with Gasteiger partial charge in [0.15, 0.2) is 0 Å². The highest BCUT2D eigenvalue weighted by Crippen LogP contribution is 2.20. The Labute approximate surface area is 135 Å². The number of para-hydroxylation sites is 2. The normalized spacial score (nSPS) is 10.4. The van der Waals surface area contributed by atoms with Gasteiger partial charge in [-0.2, -0.15) is 0 Å². The molecule has 0 aromatic heterocycles. The van der Waals surface area contributed by atoms with E-state index in [-0.39, 0.29) is 6.54 Å². The lowest BCUT2D eigenvalue weighted by molar-refractivity contribution is -0.115. The summed E-state index contributed by atoms with van der Waals surface area (Å²) in [4.78, 5) is 34.7. The molecular weight excluding hydrogens is 298 g/mol. The summed E-state index contributed by atoms with van der Waals surface area (Å²) in [7, 11) is 0. The lowest BCUT2D eigenvalue weighted by atomic mass is 10.2. The molecule has 1 aromatic rings. The van der Waals surface area contributed by atoms with Crippen LogP contribution in [-0.2, 0) is 14.3 Å². The van der Waals surface area contributed by atoms with Crippen molar-refractivity contribution in [2.45, 2.75) is 26.4 Å². The lowest BCUT2D eigenvalue weighted by Crippen LogP contribution is -2.37. The van der Waals surface area contributed by atoms with Gasteiger partial charge in [-0.05, 0) is 39.0 Å². The molecular formula is C16H21N3O4. The number of benzene rings is 1. The average molecular weight is 319 g/mol. The molecule has 0 heterocycles. The Morgan fingerprint density at radius 2 is 1.70 bits per heavy atom. The van der Waals surface area contributed by atoms with E-state index in [2.05, 4.69) is 22.5 Å². The second kappa shape index (κ2) is 7.98. The topological polar surface area (TPSA) is 96.5 Å². The Bertz CT molecular complexity index is 606. The molecule has 0 aliphatic heterocycles. The Balaban J connectivity index is 2.59.